The standard InChI is InChI=1S/C19H16Cl2N4O/c1-2-24-15-6-4-3-5-14(15)23-19(24)17-16(26)10-25(18(17)22)11-7-8-12(20)13(21)9-11/h3-9,22,26H,2,10H2,1H3. The number of amidine groups is 1. The molecule has 0 radical (unpaired) electrons. The summed E-state index contributed by atoms with van der Waals surface area (Å²) in [6, 6.07) is 13.0. The molecule has 0 atom stereocenters. The highest BCUT2D eigenvalue weighted by atomic mass is 35.5. The third-order valence-corrected chi connectivity index (χ3v) is 5.25. The summed E-state index contributed by atoms with van der Waals surface area (Å²) in [6.07, 6.45) is 0. The fourth-order valence-corrected chi connectivity index (χ4v) is 3.57. The molecule has 1 aliphatic rings. The van der Waals surface area contributed by atoms with Gasteiger partial charge >= 0.3 is 0 Å². The van der Waals surface area contributed by atoms with Gasteiger partial charge in [0.1, 0.15) is 17.4 Å². The topological polar surface area (TPSA) is 65.1 Å². The zero-order valence-corrected chi connectivity index (χ0v) is 15.5. The van der Waals surface area contributed by atoms with E-state index in [1.807, 2.05) is 35.8 Å². The zero-order valence-electron chi connectivity index (χ0n) is 14.0. The van der Waals surface area contributed by atoms with Gasteiger partial charge in [0.25, 0.3) is 0 Å². The Kier molecular flexibility index (Phi) is 4.13. The monoisotopic (exact) mass is 386 g/mol. The van der Waals surface area contributed by atoms with E-state index in [1.165, 1.54) is 0 Å². The summed E-state index contributed by atoms with van der Waals surface area (Å²) in [5.41, 5.74) is 2.95. The molecule has 2 heterocycles. The highest BCUT2D eigenvalue weighted by Crippen LogP contribution is 2.34. The molecule has 0 saturated heterocycles. The van der Waals surface area contributed by atoms with Crippen molar-refractivity contribution in [3.63, 3.8) is 0 Å². The van der Waals surface area contributed by atoms with Crippen molar-refractivity contribution in [1.29, 1.82) is 5.41 Å². The number of aliphatic hydroxyl groups excluding tert-OH is 1. The predicted octanol–water partition coefficient (Wildman–Crippen LogP) is 5.13. The molecular formula is C19H16Cl2N4O. The van der Waals surface area contributed by atoms with Crippen molar-refractivity contribution >= 4 is 51.3 Å². The summed E-state index contributed by atoms with van der Waals surface area (Å²) < 4.78 is 2.01. The summed E-state index contributed by atoms with van der Waals surface area (Å²) in [5, 5.41) is 20.1. The van der Waals surface area contributed by atoms with Crippen molar-refractivity contribution in [1.82, 2.24) is 9.55 Å². The number of hydrogen-bond donors (Lipinski definition) is 2. The Morgan fingerprint density at radius 2 is 1.92 bits per heavy atom. The first-order valence-electron chi connectivity index (χ1n) is 8.20. The molecule has 7 heteroatoms. The van der Waals surface area contributed by atoms with Crippen LogP contribution in [0, 0.1) is 5.41 Å². The van der Waals surface area contributed by atoms with Crippen molar-refractivity contribution in [3.8, 4) is 0 Å². The first-order chi connectivity index (χ1) is 12.5. The second-order valence-corrected chi connectivity index (χ2v) is 6.84. The molecule has 1 aromatic heterocycles. The maximum absolute atomic E-state index is 10.6. The average Bonchev–Trinajstić information content (AvgIpc) is 3.13. The van der Waals surface area contributed by atoms with Gasteiger partial charge in [-0.15, -0.1) is 0 Å². The van der Waals surface area contributed by atoms with Crippen LogP contribution >= 0.6 is 23.2 Å². The van der Waals surface area contributed by atoms with Gasteiger partial charge in [0.15, 0.2) is 0 Å². The molecule has 0 bridgehead atoms. The van der Waals surface area contributed by atoms with Gasteiger partial charge in [-0.05, 0) is 37.3 Å². The van der Waals surface area contributed by atoms with Crippen LogP contribution < -0.4 is 4.90 Å². The Labute approximate surface area is 160 Å². The average molecular weight is 387 g/mol. The first-order valence-corrected chi connectivity index (χ1v) is 8.96. The van der Waals surface area contributed by atoms with Gasteiger partial charge in [-0.3, -0.25) is 5.41 Å². The van der Waals surface area contributed by atoms with Gasteiger partial charge in [0.2, 0.25) is 0 Å². The number of benzene rings is 2. The number of fused-ring (bicyclic) bond motifs is 1. The van der Waals surface area contributed by atoms with Crippen LogP contribution in [0.1, 0.15) is 12.7 Å². The number of aryl methyl sites for hydroxylation is 1. The fourth-order valence-electron chi connectivity index (χ4n) is 3.27. The number of rotatable bonds is 3. The van der Waals surface area contributed by atoms with Gasteiger partial charge in [-0.1, -0.05) is 35.3 Å². The van der Waals surface area contributed by atoms with E-state index >= 15 is 0 Å². The maximum atomic E-state index is 10.6. The molecule has 0 fully saturated rings. The minimum atomic E-state index is 0.117. The molecule has 26 heavy (non-hydrogen) atoms. The van der Waals surface area contributed by atoms with Gasteiger partial charge < -0.3 is 14.6 Å². The van der Waals surface area contributed by atoms with Crippen molar-refractivity contribution in [2.24, 2.45) is 0 Å². The van der Waals surface area contributed by atoms with Crippen molar-refractivity contribution in [2.45, 2.75) is 13.5 Å². The molecule has 3 aromatic rings. The van der Waals surface area contributed by atoms with Crippen LogP contribution in [0.2, 0.25) is 10.0 Å². The first kappa shape index (κ1) is 16.9. The Morgan fingerprint density at radius 1 is 1.15 bits per heavy atom. The Bertz CT molecular complexity index is 1070. The number of imidazole rings is 1. The minimum Gasteiger partial charge on any atom is -0.509 e. The van der Waals surface area contributed by atoms with Crippen LogP contribution in [-0.4, -0.2) is 27.0 Å². The van der Waals surface area contributed by atoms with Crippen LogP contribution in [0.25, 0.3) is 16.6 Å². The van der Waals surface area contributed by atoms with Crippen molar-refractivity contribution < 1.29 is 5.11 Å². The summed E-state index contributed by atoms with van der Waals surface area (Å²) >= 11 is 12.1. The smallest absolute Gasteiger partial charge is 0.148 e. The molecule has 0 aliphatic carbocycles. The maximum Gasteiger partial charge on any atom is 0.148 e. The SMILES string of the molecule is CCn1c(C2=C(O)CN(c3ccc(Cl)c(Cl)c3)C2=N)nc2ccccc21. The molecule has 4 rings (SSSR count). The number of halogens is 2. The quantitative estimate of drug-likeness (QED) is 0.655. The molecule has 2 aromatic carbocycles. The zero-order chi connectivity index (χ0) is 18.4. The third kappa shape index (κ3) is 2.55. The van der Waals surface area contributed by atoms with Crippen molar-refractivity contribution in [3.05, 3.63) is 64.1 Å². The lowest BCUT2D eigenvalue weighted by Gasteiger charge is -2.19. The molecule has 5 nitrogen and oxygen atoms in total. The largest absolute Gasteiger partial charge is 0.509 e. The van der Waals surface area contributed by atoms with Crippen LogP contribution in [0.5, 0.6) is 0 Å². The molecular weight excluding hydrogens is 371 g/mol. The predicted molar refractivity (Wildman–Crippen MR) is 106 cm³/mol. The molecule has 0 amide bonds. The van der Waals surface area contributed by atoms with Gasteiger partial charge in [-0.25, -0.2) is 4.98 Å². The summed E-state index contributed by atoms with van der Waals surface area (Å²) in [6.45, 7) is 2.90. The number of nitrogens with zero attached hydrogens (tertiary/aromatic N) is 3. The number of anilines is 1. The summed E-state index contributed by atoms with van der Waals surface area (Å²) in [5.74, 6) is 0.899. The summed E-state index contributed by atoms with van der Waals surface area (Å²) in [7, 11) is 0. The highest BCUT2D eigenvalue weighted by Gasteiger charge is 2.32. The van der Waals surface area contributed by atoms with E-state index in [9.17, 15) is 5.11 Å². The summed E-state index contributed by atoms with van der Waals surface area (Å²) in [4.78, 5) is 6.34. The second-order valence-electron chi connectivity index (χ2n) is 6.02. The molecule has 2 N–H and O–H groups in total. The van der Waals surface area contributed by atoms with E-state index in [0.29, 0.717) is 33.7 Å². The van der Waals surface area contributed by atoms with Gasteiger partial charge in [-0.2, -0.15) is 0 Å². The van der Waals surface area contributed by atoms with Crippen LogP contribution in [0.4, 0.5) is 5.69 Å². The van der Waals surface area contributed by atoms with E-state index in [0.717, 1.165) is 11.0 Å². The second kappa shape index (κ2) is 6.34. The molecule has 0 spiro atoms. The molecule has 0 saturated carbocycles. The third-order valence-electron chi connectivity index (χ3n) is 4.51. The number of nitrogens with one attached hydrogen (secondary N) is 1. The van der Waals surface area contributed by atoms with E-state index in [-0.39, 0.29) is 18.1 Å². The Balaban J connectivity index is 1.79. The van der Waals surface area contributed by atoms with Crippen molar-refractivity contribution in [2.75, 3.05) is 11.4 Å². The lowest BCUT2D eigenvalue weighted by Crippen LogP contribution is -2.26. The van der Waals surface area contributed by atoms with E-state index in [2.05, 4.69) is 4.98 Å². The number of aliphatic hydroxyl groups is 1. The number of aromatic nitrogens is 2. The Morgan fingerprint density at radius 3 is 2.65 bits per heavy atom. The van der Waals surface area contributed by atoms with Crippen LogP contribution in [0.15, 0.2) is 48.2 Å². The van der Waals surface area contributed by atoms with E-state index in [1.54, 1.807) is 23.1 Å². The normalized spacial score (nSPS) is 14.7. The van der Waals surface area contributed by atoms with Crippen LogP contribution in [-0.2, 0) is 6.54 Å². The lowest BCUT2D eigenvalue weighted by atomic mass is 10.2. The molecule has 1 aliphatic heterocycles. The minimum absolute atomic E-state index is 0.117. The van der Waals surface area contributed by atoms with Gasteiger partial charge in [0, 0.05) is 12.2 Å². The number of para-hydroxylation sites is 2. The molecule has 132 valence electrons. The molecule has 0 unspecified atom stereocenters. The van der Waals surface area contributed by atoms with Crippen LogP contribution in [0.3, 0.4) is 0 Å². The van der Waals surface area contributed by atoms with E-state index in [4.69, 9.17) is 28.6 Å². The lowest BCUT2D eigenvalue weighted by molar-refractivity contribution is 0.411. The highest BCUT2D eigenvalue weighted by molar-refractivity contribution is 6.42. The van der Waals surface area contributed by atoms with E-state index < -0.39 is 0 Å². The Hall–Kier alpha value is -2.50. The fraction of sp³-hybridized carbons (Fsp3) is 0.158. The number of hydrogen-bond acceptors (Lipinski definition) is 3. The van der Waals surface area contributed by atoms with Gasteiger partial charge in [0.05, 0.1) is 33.2 Å².